The molecule has 0 aliphatic carbocycles. The number of benzene rings is 2. The molecule has 1 aliphatic heterocycles. The molecule has 108 valence electrons. The van der Waals surface area contributed by atoms with E-state index in [-0.39, 0.29) is 5.91 Å². The summed E-state index contributed by atoms with van der Waals surface area (Å²) in [4.78, 5) is 12.4. The maximum Gasteiger partial charge on any atom is 0.252 e. The summed E-state index contributed by atoms with van der Waals surface area (Å²) in [5, 5.41) is 3.01. The van der Waals surface area contributed by atoms with E-state index in [0.29, 0.717) is 6.54 Å². The van der Waals surface area contributed by atoms with Crippen molar-refractivity contribution in [2.24, 2.45) is 0 Å². The summed E-state index contributed by atoms with van der Waals surface area (Å²) in [7, 11) is 0. The van der Waals surface area contributed by atoms with Crippen LogP contribution in [0.15, 0.2) is 36.4 Å². The molecule has 1 heterocycles. The number of carbonyl (C=O) groups excluding carboxylic acids is 1. The van der Waals surface area contributed by atoms with E-state index in [1.54, 1.807) is 0 Å². The van der Waals surface area contributed by atoms with Crippen molar-refractivity contribution in [1.82, 2.24) is 5.32 Å². The van der Waals surface area contributed by atoms with Crippen molar-refractivity contribution in [3.05, 3.63) is 64.2 Å². The maximum atomic E-state index is 12.4. The third-order valence-electron chi connectivity index (χ3n) is 3.92. The summed E-state index contributed by atoms with van der Waals surface area (Å²) < 4.78 is 5.49. The average molecular weight is 281 g/mol. The molecule has 3 nitrogen and oxygen atoms in total. The van der Waals surface area contributed by atoms with Crippen LogP contribution < -0.4 is 10.1 Å². The summed E-state index contributed by atoms with van der Waals surface area (Å²) in [5.41, 5.74) is 5.14. The summed E-state index contributed by atoms with van der Waals surface area (Å²) in [6, 6.07) is 12.0. The number of fused-ring (bicyclic) bond motifs is 1. The highest BCUT2D eigenvalue weighted by Gasteiger charge is 2.14. The highest BCUT2D eigenvalue weighted by molar-refractivity contribution is 5.97. The molecule has 1 aliphatic rings. The second kappa shape index (κ2) is 5.60. The second-order valence-electron chi connectivity index (χ2n) is 5.49. The lowest BCUT2D eigenvalue weighted by molar-refractivity contribution is 0.0949. The van der Waals surface area contributed by atoms with E-state index >= 15 is 0 Å². The van der Waals surface area contributed by atoms with Crippen LogP contribution in [0.1, 0.15) is 32.6 Å². The van der Waals surface area contributed by atoms with Crippen molar-refractivity contribution < 1.29 is 9.53 Å². The molecule has 0 spiro atoms. The lowest BCUT2D eigenvalue weighted by Crippen LogP contribution is -2.24. The van der Waals surface area contributed by atoms with Gasteiger partial charge in [0, 0.05) is 18.5 Å². The van der Waals surface area contributed by atoms with E-state index in [9.17, 15) is 4.79 Å². The SMILES string of the molecule is Cc1cccc(C)c1C(=O)NCc1ccc2c(c1)CCO2. The number of aryl methyl sites for hydroxylation is 2. The average Bonchev–Trinajstić information content (AvgIpc) is 2.92. The topological polar surface area (TPSA) is 38.3 Å². The Hall–Kier alpha value is -2.29. The molecule has 2 aromatic carbocycles. The molecule has 0 unspecified atom stereocenters. The zero-order chi connectivity index (χ0) is 14.8. The van der Waals surface area contributed by atoms with Crippen LogP contribution in [-0.4, -0.2) is 12.5 Å². The van der Waals surface area contributed by atoms with Crippen LogP contribution in [0.25, 0.3) is 0 Å². The number of ether oxygens (including phenoxy) is 1. The van der Waals surface area contributed by atoms with E-state index < -0.39 is 0 Å². The lowest BCUT2D eigenvalue weighted by Gasteiger charge is -2.11. The van der Waals surface area contributed by atoms with E-state index in [1.807, 2.05) is 44.2 Å². The molecule has 0 radical (unpaired) electrons. The van der Waals surface area contributed by atoms with Crippen LogP contribution in [-0.2, 0) is 13.0 Å². The van der Waals surface area contributed by atoms with Crippen molar-refractivity contribution in [2.75, 3.05) is 6.61 Å². The molecule has 0 fully saturated rings. The van der Waals surface area contributed by atoms with Crippen LogP contribution in [0.2, 0.25) is 0 Å². The summed E-state index contributed by atoms with van der Waals surface area (Å²) in [6.45, 7) is 5.23. The smallest absolute Gasteiger partial charge is 0.252 e. The fourth-order valence-corrected chi connectivity index (χ4v) is 2.79. The molecule has 21 heavy (non-hydrogen) atoms. The molecule has 1 amide bonds. The number of hydrogen-bond acceptors (Lipinski definition) is 2. The van der Waals surface area contributed by atoms with E-state index in [2.05, 4.69) is 11.4 Å². The van der Waals surface area contributed by atoms with Gasteiger partial charge in [0.1, 0.15) is 5.75 Å². The van der Waals surface area contributed by atoms with Crippen LogP contribution in [0.4, 0.5) is 0 Å². The Bertz CT molecular complexity index is 671. The monoisotopic (exact) mass is 281 g/mol. The van der Waals surface area contributed by atoms with E-state index in [0.717, 1.165) is 41.0 Å². The Kier molecular flexibility index (Phi) is 3.65. The number of rotatable bonds is 3. The highest BCUT2D eigenvalue weighted by Crippen LogP contribution is 2.25. The van der Waals surface area contributed by atoms with Crippen molar-refractivity contribution in [3.8, 4) is 5.75 Å². The number of hydrogen-bond donors (Lipinski definition) is 1. The summed E-state index contributed by atoms with van der Waals surface area (Å²) >= 11 is 0. The predicted molar refractivity (Wildman–Crippen MR) is 82.7 cm³/mol. The Morgan fingerprint density at radius 2 is 1.95 bits per heavy atom. The molecule has 1 N–H and O–H groups in total. The summed E-state index contributed by atoms with van der Waals surface area (Å²) in [6.07, 6.45) is 0.952. The Balaban J connectivity index is 1.71. The first-order valence-electron chi connectivity index (χ1n) is 7.24. The quantitative estimate of drug-likeness (QED) is 0.938. The van der Waals surface area contributed by atoms with Crippen LogP contribution in [0.5, 0.6) is 5.75 Å². The summed E-state index contributed by atoms with van der Waals surface area (Å²) in [5.74, 6) is 0.960. The van der Waals surface area contributed by atoms with Gasteiger partial charge in [0.25, 0.3) is 5.91 Å². The van der Waals surface area contributed by atoms with Gasteiger partial charge in [-0.3, -0.25) is 4.79 Å². The number of amides is 1. The highest BCUT2D eigenvalue weighted by atomic mass is 16.5. The fourth-order valence-electron chi connectivity index (χ4n) is 2.79. The molecule has 0 aromatic heterocycles. The van der Waals surface area contributed by atoms with Crippen molar-refractivity contribution in [3.63, 3.8) is 0 Å². The zero-order valence-corrected chi connectivity index (χ0v) is 12.4. The van der Waals surface area contributed by atoms with E-state index in [4.69, 9.17) is 4.74 Å². The van der Waals surface area contributed by atoms with Crippen LogP contribution >= 0.6 is 0 Å². The largest absolute Gasteiger partial charge is 0.493 e. The van der Waals surface area contributed by atoms with Gasteiger partial charge in [0.15, 0.2) is 0 Å². The van der Waals surface area contributed by atoms with Crippen LogP contribution in [0.3, 0.4) is 0 Å². The lowest BCUT2D eigenvalue weighted by atomic mass is 10.0. The third-order valence-corrected chi connectivity index (χ3v) is 3.92. The standard InChI is InChI=1S/C18H19NO2/c1-12-4-3-5-13(2)17(12)18(20)19-11-14-6-7-16-15(10-14)8-9-21-16/h3-7,10H,8-9,11H2,1-2H3,(H,19,20). The van der Waals surface area contributed by atoms with Crippen molar-refractivity contribution >= 4 is 5.91 Å². The molecule has 3 rings (SSSR count). The molecule has 0 saturated heterocycles. The molecular formula is C18H19NO2. The van der Waals surface area contributed by atoms with Gasteiger partial charge < -0.3 is 10.1 Å². The minimum absolute atomic E-state index is 0.0117. The molecule has 0 saturated carbocycles. The molecular weight excluding hydrogens is 262 g/mol. The minimum Gasteiger partial charge on any atom is -0.493 e. The van der Waals surface area contributed by atoms with Gasteiger partial charge in [0.05, 0.1) is 6.61 Å². The zero-order valence-electron chi connectivity index (χ0n) is 12.4. The maximum absolute atomic E-state index is 12.4. The van der Waals surface area contributed by atoms with Gasteiger partial charge in [-0.2, -0.15) is 0 Å². The molecule has 0 bridgehead atoms. The predicted octanol–water partition coefficient (Wildman–Crippen LogP) is 3.17. The van der Waals surface area contributed by atoms with Gasteiger partial charge in [-0.1, -0.05) is 30.3 Å². The second-order valence-corrected chi connectivity index (χ2v) is 5.49. The van der Waals surface area contributed by atoms with Gasteiger partial charge >= 0.3 is 0 Å². The Morgan fingerprint density at radius 3 is 2.71 bits per heavy atom. The van der Waals surface area contributed by atoms with Gasteiger partial charge in [-0.25, -0.2) is 0 Å². The Morgan fingerprint density at radius 1 is 1.19 bits per heavy atom. The van der Waals surface area contributed by atoms with Gasteiger partial charge in [-0.15, -0.1) is 0 Å². The van der Waals surface area contributed by atoms with Crippen molar-refractivity contribution in [1.29, 1.82) is 0 Å². The Labute approximate surface area is 124 Å². The first-order valence-corrected chi connectivity index (χ1v) is 7.24. The van der Waals surface area contributed by atoms with Gasteiger partial charge in [-0.05, 0) is 42.2 Å². The first-order chi connectivity index (χ1) is 10.1. The van der Waals surface area contributed by atoms with Crippen LogP contribution in [0, 0.1) is 13.8 Å². The number of carbonyl (C=O) groups is 1. The van der Waals surface area contributed by atoms with Gasteiger partial charge in [0.2, 0.25) is 0 Å². The minimum atomic E-state index is -0.0117. The molecule has 3 heteroatoms. The first kappa shape index (κ1) is 13.7. The third kappa shape index (κ3) is 2.77. The fraction of sp³-hybridized carbons (Fsp3) is 0.278. The molecule has 2 aromatic rings. The van der Waals surface area contributed by atoms with E-state index in [1.165, 1.54) is 5.56 Å². The molecule has 0 atom stereocenters. The van der Waals surface area contributed by atoms with Crippen molar-refractivity contribution in [2.45, 2.75) is 26.8 Å². The number of nitrogens with one attached hydrogen (secondary N) is 1. The normalized spacial score (nSPS) is 12.7.